The van der Waals surface area contributed by atoms with Crippen LogP contribution < -0.4 is 11.0 Å². The fourth-order valence-electron chi connectivity index (χ4n) is 0.456. The summed E-state index contributed by atoms with van der Waals surface area (Å²) in [6.45, 7) is 0.955. The van der Waals surface area contributed by atoms with E-state index in [0.29, 0.717) is 18.4 Å². The smallest absolute Gasteiger partial charge is 0.0554 e. The molecule has 1 rings (SSSR count). The van der Waals surface area contributed by atoms with Crippen molar-refractivity contribution in [2.24, 2.45) is 0 Å². The highest BCUT2D eigenvalue weighted by atomic mass is 16.7. The minimum Gasteiger partial charge on any atom is -0.298 e. The molecule has 0 aromatic rings. The molecule has 6 nitrogen and oxygen atoms in total. The third-order valence-electron chi connectivity index (χ3n) is 0.795. The van der Waals surface area contributed by atoms with Gasteiger partial charge in [-0.2, -0.15) is 0 Å². The van der Waals surface area contributed by atoms with Crippen LogP contribution in [0.1, 0.15) is 0 Å². The fourth-order valence-corrected chi connectivity index (χ4v) is 0.456. The molecule has 1 aliphatic heterocycles. The van der Waals surface area contributed by atoms with Gasteiger partial charge < -0.3 is 0 Å². The zero-order chi connectivity index (χ0) is 5.98. The molecular formula is C2H8N4O2. The Morgan fingerprint density at radius 1 is 1.38 bits per heavy atom. The highest BCUT2D eigenvalue weighted by Gasteiger charge is 2.09. The summed E-state index contributed by atoms with van der Waals surface area (Å²) in [6, 6.07) is 0. The predicted molar refractivity (Wildman–Crippen MR) is 23.3 cm³/mol. The number of nitrogens with one attached hydrogen (secondary N) is 2. The molecular weight excluding hydrogens is 112 g/mol. The van der Waals surface area contributed by atoms with Crippen molar-refractivity contribution >= 4 is 0 Å². The van der Waals surface area contributed by atoms with E-state index in [-0.39, 0.29) is 0 Å². The molecule has 0 spiro atoms. The lowest BCUT2D eigenvalue weighted by Crippen LogP contribution is -2.60. The van der Waals surface area contributed by atoms with E-state index in [1.54, 1.807) is 0 Å². The van der Waals surface area contributed by atoms with Crippen molar-refractivity contribution in [2.45, 2.75) is 0 Å². The first-order valence-electron chi connectivity index (χ1n) is 2.24. The summed E-state index contributed by atoms with van der Waals surface area (Å²) < 4.78 is 0. The van der Waals surface area contributed by atoms with E-state index in [0.717, 1.165) is 5.17 Å². The second-order valence-corrected chi connectivity index (χ2v) is 1.44. The second kappa shape index (κ2) is 2.35. The first-order chi connectivity index (χ1) is 3.79. The zero-order valence-electron chi connectivity index (χ0n) is 4.20. The Balaban J connectivity index is 2.23. The van der Waals surface area contributed by atoms with Gasteiger partial charge in [-0.15, -0.1) is 10.7 Å². The molecule has 0 bridgehead atoms. The van der Waals surface area contributed by atoms with Crippen molar-refractivity contribution < 1.29 is 10.4 Å². The number of rotatable bonds is 0. The maximum absolute atomic E-state index is 8.56. The zero-order valence-corrected chi connectivity index (χ0v) is 4.20. The van der Waals surface area contributed by atoms with E-state index in [9.17, 15) is 0 Å². The van der Waals surface area contributed by atoms with Crippen molar-refractivity contribution in [3.05, 3.63) is 0 Å². The number of nitrogens with zero attached hydrogens (tertiary/aromatic N) is 2. The number of hydrogen-bond donors (Lipinski definition) is 4. The topological polar surface area (TPSA) is 71.0 Å². The van der Waals surface area contributed by atoms with Gasteiger partial charge >= 0.3 is 0 Å². The Bertz CT molecular complexity index is 70.4. The molecule has 1 aliphatic rings. The molecule has 0 saturated carbocycles. The van der Waals surface area contributed by atoms with Crippen molar-refractivity contribution in [3.8, 4) is 0 Å². The molecule has 0 aromatic carbocycles. The standard InChI is InChI=1S/C2H8N4O2/c7-5-2-1-3-6(8)4-5/h3-4,7-8H,1-2H2. The van der Waals surface area contributed by atoms with Crippen molar-refractivity contribution in [1.29, 1.82) is 0 Å². The van der Waals surface area contributed by atoms with Crippen LogP contribution in [0, 0.1) is 0 Å². The van der Waals surface area contributed by atoms with Crippen molar-refractivity contribution in [2.75, 3.05) is 13.1 Å². The SMILES string of the molecule is ON1CCNN(O)N1. The summed E-state index contributed by atoms with van der Waals surface area (Å²) in [4.78, 5) is 0. The van der Waals surface area contributed by atoms with Gasteiger partial charge in [-0.1, -0.05) is 0 Å². The predicted octanol–water partition coefficient (Wildman–Crippen LogP) is -1.69. The van der Waals surface area contributed by atoms with E-state index in [1.165, 1.54) is 0 Å². The molecule has 0 unspecified atom stereocenters. The maximum atomic E-state index is 8.56. The van der Waals surface area contributed by atoms with Crippen LogP contribution in [0.15, 0.2) is 0 Å². The second-order valence-electron chi connectivity index (χ2n) is 1.44. The molecule has 0 atom stereocenters. The van der Waals surface area contributed by atoms with Crippen molar-refractivity contribution in [3.63, 3.8) is 0 Å². The molecule has 4 N–H and O–H groups in total. The fraction of sp³-hybridized carbons (Fsp3) is 1.00. The third-order valence-corrected chi connectivity index (χ3v) is 0.795. The summed E-state index contributed by atoms with van der Waals surface area (Å²) in [5.74, 6) is 0. The molecule has 1 saturated heterocycles. The van der Waals surface area contributed by atoms with Crippen LogP contribution in [0.4, 0.5) is 0 Å². The van der Waals surface area contributed by atoms with Crippen LogP contribution in [0.2, 0.25) is 0 Å². The van der Waals surface area contributed by atoms with Gasteiger partial charge in [0.05, 0.1) is 6.54 Å². The number of hydroxylamine groups is 1. The summed E-state index contributed by atoms with van der Waals surface area (Å²) >= 11 is 0. The molecule has 48 valence electrons. The third kappa shape index (κ3) is 1.37. The quantitative estimate of drug-likeness (QED) is 0.305. The molecule has 0 aromatic heterocycles. The van der Waals surface area contributed by atoms with E-state index in [1.807, 2.05) is 0 Å². The van der Waals surface area contributed by atoms with E-state index in [2.05, 4.69) is 11.0 Å². The van der Waals surface area contributed by atoms with E-state index in [4.69, 9.17) is 10.4 Å². The Kier molecular flexibility index (Phi) is 1.73. The summed E-state index contributed by atoms with van der Waals surface area (Å²) in [7, 11) is 0. The molecule has 1 fully saturated rings. The summed E-state index contributed by atoms with van der Waals surface area (Å²) in [5.41, 5.74) is 4.63. The van der Waals surface area contributed by atoms with Crippen LogP contribution in [-0.4, -0.2) is 34.0 Å². The van der Waals surface area contributed by atoms with Gasteiger partial charge in [-0.05, 0) is 5.28 Å². The Morgan fingerprint density at radius 2 is 2.12 bits per heavy atom. The van der Waals surface area contributed by atoms with Gasteiger partial charge in [0.15, 0.2) is 0 Å². The lowest BCUT2D eigenvalue weighted by atomic mass is 10.7. The molecule has 8 heavy (non-hydrogen) atoms. The first-order valence-corrected chi connectivity index (χ1v) is 2.24. The average molecular weight is 120 g/mol. The van der Waals surface area contributed by atoms with Gasteiger partial charge in [0.2, 0.25) is 0 Å². The van der Waals surface area contributed by atoms with Gasteiger partial charge in [-0.3, -0.25) is 10.4 Å². The van der Waals surface area contributed by atoms with Crippen LogP contribution in [0.25, 0.3) is 0 Å². The normalized spacial score (nSPS) is 26.2. The molecule has 6 heteroatoms. The lowest BCUT2D eigenvalue weighted by molar-refractivity contribution is -0.317. The largest absolute Gasteiger partial charge is 0.298 e. The van der Waals surface area contributed by atoms with Crippen molar-refractivity contribution in [1.82, 2.24) is 21.4 Å². The monoisotopic (exact) mass is 120 g/mol. The van der Waals surface area contributed by atoms with E-state index < -0.39 is 0 Å². The first kappa shape index (κ1) is 5.89. The highest BCUT2D eigenvalue weighted by molar-refractivity contribution is 4.43. The summed E-state index contributed by atoms with van der Waals surface area (Å²) in [5, 5.41) is 18.4. The molecule has 0 amide bonds. The van der Waals surface area contributed by atoms with Crippen LogP contribution in [0.3, 0.4) is 0 Å². The Hall–Kier alpha value is -0.240. The molecule has 0 aliphatic carbocycles. The maximum Gasteiger partial charge on any atom is 0.0554 e. The number of hydrogen-bond acceptors (Lipinski definition) is 6. The van der Waals surface area contributed by atoms with Crippen LogP contribution in [0.5, 0.6) is 0 Å². The van der Waals surface area contributed by atoms with Gasteiger partial charge in [0.25, 0.3) is 0 Å². The Morgan fingerprint density at radius 3 is 2.50 bits per heavy atom. The highest BCUT2D eigenvalue weighted by Crippen LogP contribution is 1.80. The summed E-state index contributed by atoms with van der Waals surface area (Å²) in [6.07, 6.45) is 0. The lowest BCUT2D eigenvalue weighted by Gasteiger charge is -2.27. The Labute approximate surface area is 46.1 Å². The van der Waals surface area contributed by atoms with Gasteiger partial charge in [-0.25, -0.2) is 5.43 Å². The van der Waals surface area contributed by atoms with Gasteiger partial charge in [0, 0.05) is 6.54 Å². The number of hydrazine groups is 3. The van der Waals surface area contributed by atoms with Crippen LogP contribution >= 0.6 is 0 Å². The minimum atomic E-state index is 0.442. The molecule has 0 radical (unpaired) electrons. The van der Waals surface area contributed by atoms with Gasteiger partial charge in [0.1, 0.15) is 0 Å². The van der Waals surface area contributed by atoms with E-state index >= 15 is 0 Å². The molecule has 1 heterocycles. The minimum absolute atomic E-state index is 0.442. The average Bonchev–Trinajstić information content (AvgIpc) is 1.64. The van der Waals surface area contributed by atoms with Crippen LogP contribution in [-0.2, 0) is 0 Å².